The van der Waals surface area contributed by atoms with Gasteiger partial charge in [0.15, 0.2) is 0 Å². The van der Waals surface area contributed by atoms with Crippen LogP contribution in [0.5, 0.6) is 0 Å². The minimum Gasteiger partial charge on any atom is -0.480 e. The molecule has 1 aliphatic carbocycles. The summed E-state index contributed by atoms with van der Waals surface area (Å²) in [6.45, 7) is 0.886. The Hall–Kier alpha value is -0.280. The summed E-state index contributed by atoms with van der Waals surface area (Å²) in [6.07, 6.45) is 8.46. The van der Waals surface area contributed by atoms with Crippen LogP contribution >= 0.6 is 12.4 Å². The van der Waals surface area contributed by atoms with Crippen molar-refractivity contribution in [3.05, 3.63) is 0 Å². The van der Waals surface area contributed by atoms with Crippen molar-refractivity contribution in [1.29, 1.82) is 0 Å². The van der Waals surface area contributed by atoms with Gasteiger partial charge in [-0.3, -0.25) is 4.79 Å². The second kappa shape index (κ2) is 5.17. The predicted octanol–water partition coefficient (Wildman–Crippen LogP) is 2.20. The average molecular weight is 234 g/mol. The second-order valence-electron chi connectivity index (χ2n) is 4.86. The van der Waals surface area contributed by atoms with Gasteiger partial charge < -0.3 is 10.4 Å². The van der Waals surface area contributed by atoms with Crippen molar-refractivity contribution in [2.75, 3.05) is 6.54 Å². The van der Waals surface area contributed by atoms with Gasteiger partial charge in [0.2, 0.25) is 0 Å². The fourth-order valence-electron chi connectivity index (χ4n) is 3.05. The summed E-state index contributed by atoms with van der Waals surface area (Å²) < 4.78 is 0. The van der Waals surface area contributed by atoms with Gasteiger partial charge in [0.25, 0.3) is 0 Å². The number of carboxylic acids is 1. The van der Waals surface area contributed by atoms with E-state index in [1.54, 1.807) is 0 Å². The van der Waals surface area contributed by atoms with Gasteiger partial charge in [0.1, 0.15) is 6.04 Å². The fourth-order valence-corrected chi connectivity index (χ4v) is 3.05. The highest BCUT2D eigenvalue weighted by Gasteiger charge is 2.39. The van der Waals surface area contributed by atoms with Crippen molar-refractivity contribution in [2.45, 2.75) is 51.0 Å². The minimum absolute atomic E-state index is 0. The molecule has 0 bridgehead atoms. The van der Waals surface area contributed by atoms with E-state index >= 15 is 0 Å². The van der Waals surface area contributed by atoms with Crippen LogP contribution in [-0.2, 0) is 4.79 Å². The normalized spacial score (nSPS) is 29.5. The summed E-state index contributed by atoms with van der Waals surface area (Å²) in [5.41, 5.74) is 0.368. The monoisotopic (exact) mass is 233 g/mol. The third-order valence-electron chi connectivity index (χ3n) is 3.90. The second-order valence-corrected chi connectivity index (χ2v) is 4.86. The van der Waals surface area contributed by atoms with Gasteiger partial charge in [0, 0.05) is 0 Å². The Balaban J connectivity index is 0.00000112. The number of nitrogens with one attached hydrogen (secondary N) is 1. The molecule has 0 aromatic rings. The molecule has 1 saturated carbocycles. The van der Waals surface area contributed by atoms with Gasteiger partial charge in [-0.2, -0.15) is 0 Å². The molecule has 2 aliphatic rings. The van der Waals surface area contributed by atoms with Crippen LogP contribution in [0.4, 0.5) is 0 Å². The molecule has 1 unspecified atom stereocenters. The van der Waals surface area contributed by atoms with Crippen molar-refractivity contribution in [1.82, 2.24) is 5.32 Å². The molecule has 1 heterocycles. The Morgan fingerprint density at radius 2 is 1.87 bits per heavy atom. The van der Waals surface area contributed by atoms with E-state index in [0.717, 1.165) is 13.0 Å². The molecule has 15 heavy (non-hydrogen) atoms. The molecule has 1 spiro atoms. The number of rotatable bonds is 1. The molecule has 1 saturated heterocycles. The van der Waals surface area contributed by atoms with E-state index < -0.39 is 5.97 Å². The van der Waals surface area contributed by atoms with Crippen LogP contribution in [-0.4, -0.2) is 23.7 Å². The molecule has 3 nitrogen and oxygen atoms in total. The number of aliphatic carboxylic acids is 1. The maximum Gasteiger partial charge on any atom is 0.320 e. The number of hydrogen-bond donors (Lipinski definition) is 2. The van der Waals surface area contributed by atoms with Gasteiger partial charge in [-0.15, -0.1) is 12.4 Å². The van der Waals surface area contributed by atoms with Crippen LogP contribution in [0.15, 0.2) is 0 Å². The number of halogens is 1. The summed E-state index contributed by atoms with van der Waals surface area (Å²) in [6, 6.07) is -0.290. The van der Waals surface area contributed by atoms with Crippen molar-refractivity contribution < 1.29 is 9.90 Å². The smallest absolute Gasteiger partial charge is 0.320 e. The molecule has 88 valence electrons. The number of carboxylic acid groups (broad SMARTS) is 1. The molecule has 0 aromatic heterocycles. The zero-order valence-electron chi connectivity index (χ0n) is 9.00. The number of hydrogen-bond acceptors (Lipinski definition) is 2. The molecular weight excluding hydrogens is 214 g/mol. The third kappa shape index (κ3) is 2.85. The van der Waals surface area contributed by atoms with Crippen LogP contribution < -0.4 is 5.32 Å². The van der Waals surface area contributed by atoms with Crippen LogP contribution in [0.25, 0.3) is 0 Å². The van der Waals surface area contributed by atoms with Crippen molar-refractivity contribution in [3.8, 4) is 0 Å². The largest absolute Gasteiger partial charge is 0.480 e. The van der Waals surface area contributed by atoms with Crippen molar-refractivity contribution in [3.63, 3.8) is 0 Å². The van der Waals surface area contributed by atoms with E-state index in [-0.39, 0.29) is 18.4 Å². The molecule has 1 atom stereocenters. The number of piperidine rings is 1. The lowest BCUT2D eigenvalue weighted by atomic mass is 9.66. The van der Waals surface area contributed by atoms with E-state index in [4.69, 9.17) is 5.11 Å². The SMILES string of the molecule is Cl.O=C(O)C1CC2(CCCCC2)CCN1. The van der Waals surface area contributed by atoms with Crippen LogP contribution in [0.3, 0.4) is 0 Å². The highest BCUT2D eigenvalue weighted by atomic mass is 35.5. The standard InChI is InChI=1S/C11H19NO2.ClH/c13-10(14)9-8-11(6-7-12-9)4-2-1-3-5-11;/h9,12H,1-8H2,(H,13,14);1H. The molecule has 0 aromatic carbocycles. The Bertz CT molecular complexity index is 221. The zero-order valence-corrected chi connectivity index (χ0v) is 9.81. The fraction of sp³-hybridized carbons (Fsp3) is 0.909. The Kier molecular flexibility index (Phi) is 4.41. The molecule has 2 fully saturated rings. The van der Waals surface area contributed by atoms with Gasteiger partial charge in [-0.05, 0) is 37.6 Å². The maximum atomic E-state index is 10.9. The van der Waals surface area contributed by atoms with Crippen LogP contribution in [0, 0.1) is 5.41 Å². The number of carbonyl (C=O) groups is 1. The maximum absolute atomic E-state index is 10.9. The highest BCUT2D eigenvalue weighted by molar-refractivity contribution is 5.85. The van der Waals surface area contributed by atoms with E-state index in [9.17, 15) is 4.79 Å². The van der Waals surface area contributed by atoms with Gasteiger partial charge in [-0.1, -0.05) is 19.3 Å². The van der Waals surface area contributed by atoms with E-state index in [2.05, 4.69) is 5.32 Å². The summed E-state index contributed by atoms with van der Waals surface area (Å²) in [5, 5.41) is 12.1. The topological polar surface area (TPSA) is 49.3 Å². The quantitative estimate of drug-likeness (QED) is 0.730. The Labute approximate surface area is 97.0 Å². The Morgan fingerprint density at radius 1 is 1.20 bits per heavy atom. The van der Waals surface area contributed by atoms with Crippen molar-refractivity contribution >= 4 is 18.4 Å². The Morgan fingerprint density at radius 3 is 2.47 bits per heavy atom. The lowest BCUT2D eigenvalue weighted by Crippen LogP contribution is -2.48. The molecule has 2 N–H and O–H groups in total. The molecule has 0 amide bonds. The van der Waals surface area contributed by atoms with Crippen LogP contribution in [0.1, 0.15) is 44.9 Å². The first-order chi connectivity index (χ1) is 6.72. The summed E-state index contributed by atoms with van der Waals surface area (Å²) in [4.78, 5) is 10.9. The first-order valence-electron chi connectivity index (χ1n) is 5.68. The summed E-state index contributed by atoms with van der Waals surface area (Å²) in [5.74, 6) is -0.672. The van der Waals surface area contributed by atoms with E-state index in [1.165, 1.54) is 38.5 Å². The average Bonchev–Trinajstić information content (AvgIpc) is 2.19. The summed E-state index contributed by atoms with van der Waals surface area (Å²) >= 11 is 0. The van der Waals surface area contributed by atoms with Crippen molar-refractivity contribution in [2.24, 2.45) is 5.41 Å². The molecule has 0 radical (unpaired) electrons. The molecule has 4 heteroatoms. The molecular formula is C11H20ClNO2. The lowest BCUT2D eigenvalue weighted by molar-refractivity contribution is -0.141. The molecule has 1 aliphatic heterocycles. The van der Waals surface area contributed by atoms with Gasteiger partial charge in [-0.25, -0.2) is 0 Å². The van der Waals surface area contributed by atoms with Gasteiger partial charge >= 0.3 is 5.97 Å². The third-order valence-corrected chi connectivity index (χ3v) is 3.90. The highest BCUT2D eigenvalue weighted by Crippen LogP contribution is 2.44. The first kappa shape index (κ1) is 12.8. The minimum atomic E-state index is -0.672. The predicted molar refractivity (Wildman–Crippen MR) is 61.4 cm³/mol. The zero-order chi connectivity index (χ0) is 10.0. The van der Waals surface area contributed by atoms with Crippen LogP contribution in [0.2, 0.25) is 0 Å². The van der Waals surface area contributed by atoms with E-state index in [0.29, 0.717) is 5.41 Å². The summed E-state index contributed by atoms with van der Waals surface area (Å²) in [7, 11) is 0. The lowest BCUT2D eigenvalue weighted by Gasteiger charge is -2.43. The first-order valence-corrected chi connectivity index (χ1v) is 5.68. The van der Waals surface area contributed by atoms with Gasteiger partial charge in [0.05, 0.1) is 0 Å². The van der Waals surface area contributed by atoms with E-state index in [1.807, 2.05) is 0 Å². The molecule has 2 rings (SSSR count).